The molecule has 234 valence electrons. The predicted molar refractivity (Wildman–Crippen MR) is 199 cm³/mol. The summed E-state index contributed by atoms with van der Waals surface area (Å²) in [5, 5.41) is 63.3. The number of phenols is 5. The number of hydrogen-bond donors (Lipinski definition) is 5. The quantitative estimate of drug-likeness (QED) is 0.0575. The van der Waals surface area contributed by atoms with E-state index in [-0.39, 0.29) is 5.56 Å². The van der Waals surface area contributed by atoms with Crippen LogP contribution in [0.5, 0.6) is 28.7 Å². The summed E-state index contributed by atoms with van der Waals surface area (Å²) in [5.41, 5.74) is 4.42. The first-order valence-electron chi connectivity index (χ1n) is 16.0. The van der Waals surface area contributed by atoms with Crippen molar-refractivity contribution in [2.45, 2.75) is 0 Å². The zero-order valence-corrected chi connectivity index (χ0v) is 26.0. The molecule has 0 saturated heterocycles. The molecule has 5 N–H and O–H groups in total. The average molecular weight is 637 g/mol. The van der Waals surface area contributed by atoms with Gasteiger partial charge in [-0.15, -0.1) is 0 Å². The van der Waals surface area contributed by atoms with E-state index in [1.165, 1.54) is 32.3 Å². The lowest BCUT2D eigenvalue weighted by molar-refractivity contribution is 0.330. The summed E-state index contributed by atoms with van der Waals surface area (Å²) in [6, 6.07) is 47.5. The van der Waals surface area contributed by atoms with Gasteiger partial charge in [-0.25, -0.2) is 0 Å². The van der Waals surface area contributed by atoms with Crippen molar-refractivity contribution >= 4 is 53.9 Å². The topological polar surface area (TPSA) is 101 Å². The van der Waals surface area contributed by atoms with Gasteiger partial charge in [-0.3, -0.25) is 0 Å². The van der Waals surface area contributed by atoms with Gasteiger partial charge in [-0.2, -0.15) is 0 Å². The van der Waals surface area contributed by atoms with Crippen LogP contribution in [0.3, 0.4) is 0 Å². The van der Waals surface area contributed by atoms with E-state index in [1.54, 1.807) is 0 Å². The molecule has 0 atom stereocenters. The van der Waals surface area contributed by atoms with E-state index in [0.717, 1.165) is 33.0 Å². The Morgan fingerprint density at radius 1 is 0.265 bits per heavy atom. The summed E-state index contributed by atoms with van der Waals surface area (Å²) in [4.78, 5) is 0. The Labute approximate surface area is 280 Å². The maximum Gasteiger partial charge on any atom is 0.208 e. The maximum absolute atomic E-state index is 11.0. The normalized spacial score (nSPS) is 11.7. The molecular weight excluding hydrogens is 608 g/mol. The van der Waals surface area contributed by atoms with Crippen LogP contribution >= 0.6 is 0 Å². The van der Waals surface area contributed by atoms with Gasteiger partial charge in [0.25, 0.3) is 0 Å². The van der Waals surface area contributed by atoms with Crippen LogP contribution in [0.2, 0.25) is 0 Å². The van der Waals surface area contributed by atoms with E-state index in [0.29, 0.717) is 16.3 Å². The van der Waals surface area contributed by atoms with Crippen LogP contribution in [0.25, 0.3) is 87.2 Å². The number of fused-ring (bicyclic) bond motifs is 7. The smallest absolute Gasteiger partial charge is 0.208 e. The molecule has 5 nitrogen and oxygen atoms in total. The lowest BCUT2D eigenvalue weighted by Gasteiger charge is -2.20. The second kappa shape index (κ2) is 10.7. The predicted octanol–water partition coefficient (Wildman–Crippen LogP) is 11.0. The van der Waals surface area contributed by atoms with Crippen molar-refractivity contribution in [3.8, 4) is 62.1 Å². The molecule has 0 aliphatic rings. The molecule has 0 spiro atoms. The van der Waals surface area contributed by atoms with Crippen LogP contribution in [-0.2, 0) is 0 Å². The second-order valence-electron chi connectivity index (χ2n) is 12.4. The molecule has 0 aliphatic heterocycles. The number of benzene rings is 9. The molecular formula is C44H28O5. The average Bonchev–Trinajstić information content (AvgIpc) is 3.15. The number of rotatable bonds is 3. The molecule has 0 aliphatic carbocycles. The summed E-state index contributed by atoms with van der Waals surface area (Å²) in [6.45, 7) is 0. The van der Waals surface area contributed by atoms with Gasteiger partial charge in [0, 0.05) is 5.56 Å². The van der Waals surface area contributed by atoms with E-state index >= 15 is 0 Å². The van der Waals surface area contributed by atoms with Gasteiger partial charge in [0.05, 0.1) is 5.56 Å². The van der Waals surface area contributed by atoms with Crippen molar-refractivity contribution < 1.29 is 25.5 Å². The molecule has 9 rings (SSSR count). The summed E-state index contributed by atoms with van der Waals surface area (Å²) >= 11 is 0. The van der Waals surface area contributed by atoms with Crippen molar-refractivity contribution in [1.82, 2.24) is 0 Å². The van der Waals surface area contributed by atoms with E-state index in [4.69, 9.17) is 0 Å². The van der Waals surface area contributed by atoms with Crippen molar-refractivity contribution in [2.75, 3.05) is 0 Å². The Morgan fingerprint density at radius 2 is 0.694 bits per heavy atom. The van der Waals surface area contributed by atoms with Gasteiger partial charge in [0.2, 0.25) is 17.2 Å². The number of aromatic hydroxyl groups is 5. The highest BCUT2D eigenvalue weighted by atomic mass is 16.4. The summed E-state index contributed by atoms with van der Waals surface area (Å²) in [5.74, 6) is -4.26. The minimum absolute atomic E-state index is 0.169. The van der Waals surface area contributed by atoms with Crippen molar-refractivity contribution in [2.24, 2.45) is 0 Å². The third kappa shape index (κ3) is 4.12. The second-order valence-corrected chi connectivity index (χ2v) is 12.4. The fourth-order valence-electron chi connectivity index (χ4n) is 7.55. The highest BCUT2D eigenvalue weighted by Crippen LogP contribution is 2.57. The Hall–Kier alpha value is -6.72. The highest BCUT2D eigenvalue weighted by molar-refractivity contribution is 6.23. The van der Waals surface area contributed by atoms with Crippen molar-refractivity contribution in [1.29, 1.82) is 0 Å². The fraction of sp³-hybridized carbons (Fsp3) is 0. The number of phenolic OH excluding ortho intramolecular Hbond substituents is 5. The van der Waals surface area contributed by atoms with E-state index in [2.05, 4.69) is 91.0 Å². The monoisotopic (exact) mass is 636 g/mol. The minimum atomic E-state index is -0.989. The molecule has 9 aromatic rings. The third-order valence-electron chi connectivity index (χ3n) is 9.80. The van der Waals surface area contributed by atoms with Gasteiger partial charge in [-0.05, 0) is 82.2 Å². The van der Waals surface area contributed by atoms with Gasteiger partial charge in [0.1, 0.15) is 0 Å². The highest BCUT2D eigenvalue weighted by Gasteiger charge is 2.28. The first-order chi connectivity index (χ1) is 23.9. The van der Waals surface area contributed by atoms with Crippen molar-refractivity contribution in [3.63, 3.8) is 0 Å². The Kier molecular flexibility index (Phi) is 6.20. The largest absolute Gasteiger partial charge is 0.504 e. The molecule has 9 aromatic carbocycles. The zero-order valence-electron chi connectivity index (χ0n) is 26.0. The lowest BCUT2D eigenvalue weighted by Crippen LogP contribution is -1.92. The summed E-state index contributed by atoms with van der Waals surface area (Å²) < 4.78 is 0. The SMILES string of the molecule is Oc1c(O)c(O)c(-c2c3ccccc3c(-c3ccc(-c4cc5c6ccccc6ccc5c5ccccc45)cc3)c3ccccc23)c(O)c1O. The zero-order chi connectivity index (χ0) is 33.4. The van der Waals surface area contributed by atoms with Crippen molar-refractivity contribution in [3.05, 3.63) is 140 Å². The first-order valence-corrected chi connectivity index (χ1v) is 16.0. The molecule has 49 heavy (non-hydrogen) atoms. The molecule has 0 bridgehead atoms. The molecule has 0 heterocycles. The van der Waals surface area contributed by atoms with Gasteiger partial charge in [0.15, 0.2) is 11.5 Å². The van der Waals surface area contributed by atoms with Gasteiger partial charge >= 0.3 is 0 Å². The minimum Gasteiger partial charge on any atom is -0.504 e. The Morgan fingerprint density at radius 3 is 1.29 bits per heavy atom. The molecule has 0 aromatic heterocycles. The Balaban J connectivity index is 1.29. The molecule has 0 saturated carbocycles. The molecule has 0 amide bonds. The van der Waals surface area contributed by atoms with Crippen LogP contribution in [0.15, 0.2) is 140 Å². The fourth-order valence-corrected chi connectivity index (χ4v) is 7.55. The standard InChI is InChI=1S/C44H28O5/c45-40-39(41(46)43(48)44(49)42(40)47)38-33-15-7-5-13-31(33)37(32-14-6-8-16-34(32)38)26-19-17-25(18-20-26)35-23-36-27-10-2-1-9-24(27)21-22-30(36)28-11-3-4-12-29(28)35/h1-23,45-49H. The molecule has 0 unspecified atom stereocenters. The van der Waals surface area contributed by atoms with Crippen LogP contribution in [-0.4, -0.2) is 25.5 Å². The molecule has 0 fully saturated rings. The van der Waals surface area contributed by atoms with Crippen LogP contribution in [0.4, 0.5) is 0 Å². The molecule has 5 heteroatoms. The van der Waals surface area contributed by atoms with E-state index in [1.807, 2.05) is 48.5 Å². The third-order valence-corrected chi connectivity index (χ3v) is 9.80. The number of hydrogen-bond acceptors (Lipinski definition) is 5. The van der Waals surface area contributed by atoms with Crippen LogP contribution in [0, 0.1) is 0 Å². The maximum atomic E-state index is 11.0. The summed E-state index contributed by atoms with van der Waals surface area (Å²) in [6.07, 6.45) is 0. The lowest BCUT2D eigenvalue weighted by atomic mass is 9.84. The summed E-state index contributed by atoms with van der Waals surface area (Å²) in [7, 11) is 0. The van der Waals surface area contributed by atoms with Crippen LogP contribution in [0.1, 0.15) is 0 Å². The van der Waals surface area contributed by atoms with Gasteiger partial charge in [-0.1, -0.05) is 133 Å². The molecule has 0 radical (unpaired) electrons. The first kappa shape index (κ1) is 28.5. The Bertz CT molecular complexity index is 2730. The van der Waals surface area contributed by atoms with Gasteiger partial charge < -0.3 is 25.5 Å². The van der Waals surface area contributed by atoms with E-state index < -0.39 is 28.7 Å². The van der Waals surface area contributed by atoms with Crippen LogP contribution < -0.4 is 0 Å². The van der Waals surface area contributed by atoms with E-state index in [9.17, 15) is 25.5 Å².